The number of nitrogens with two attached hydrogens (primary N) is 1. The second-order valence-electron chi connectivity index (χ2n) is 5.60. The number of hydrogen-bond donors (Lipinski definition) is 3. The van der Waals surface area contributed by atoms with Gasteiger partial charge in [0.15, 0.2) is 5.49 Å². The van der Waals surface area contributed by atoms with E-state index in [0.717, 1.165) is 0 Å². The number of nitrogen functional groups attached to an aromatic ring is 1. The zero-order valence-corrected chi connectivity index (χ0v) is 13.9. The monoisotopic (exact) mass is 344 g/mol. The van der Waals surface area contributed by atoms with Crippen molar-refractivity contribution in [3.05, 3.63) is 53.1 Å². The molecule has 0 amide bonds. The largest absolute Gasteiger partial charge is 0.337 e. The molecule has 0 unspecified atom stereocenters. The second kappa shape index (κ2) is 5.43. The van der Waals surface area contributed by atoms with Crippen LogP contribution in [0.4, 0.5) is 0 Å². The summed E-state index contributed by atoms with van der Waals surface area (Å²) < 4.78 is 33.6. The number of aryl methyl sites for hydroxylation is 2. The lowest BCUT2D eigenvalue weighted by atomic mass is 10.0. The fraction of sp³-hybridized carbons (Fsp3) is 0.125. The van der Waals surface area contributed by atoms with Gasteiger partial charge in [-0.15, -0.1) is 0 Å². The minimum atomic E-state index is -4.30. The Morgan fingerprint density at radius 2 is 1.83 bits per heavy atom. The maximum atomic E-state index is 11.5. The van der Waals surface area contributed by atoms with Crippen molar-refractivity contribution >= 4 is 21.0 Å². The summed E-state index contributed by atoms with van der Waals surface area (Å²) in [4.78, 5) is 4.13. The van der Waals surface area contributed by atoms with Crippen LogP contribution in [0.3, 0.4) is 0 Å². The summed E-state index contributed by atoms with van der Waals surface area (Å²) in [7, 11) is -4.30. The highest BCUT2D eigenvalue weighted by molar-refractivity contribution is 7.86. The molecular weight excluding hydrogens is 328 g/mol. The zero-order chi connectivity index (χ0) is 17.6. The smallest absolute Gasteiger partial charge is 0.295 e. The van der Waals surface area contributed by atoms with Crippen LogP contribution in [0.1, 0.15) is 11.1 Å². The summed E-state index contributed by atoms with van der Waals surface area (Å²) in [5.74, 6) is 6.04. The van der Waals surface area contributed by atoms with Gasteiger partial charge in [0.05, 0.1) is 16.1 Å². The molecule has 0 atom stereocenters. The van der Waals surface area contributed by atoms with Crippen molar-refractivity contribution in [1.29, 1.82) is 5.41 Å². The predicted molar refractivity (Wildman–Crippen MR) is 90.5 cm³/mol. The summed E-state index contributed by atoms with van der Waals surface area (Å²) >= 11 is 0. The first kappa shape index (κ1) is 16.2. The Labute approximate surface area is 138 Å². The van der Waals surface area contributed by atoms with Gasteiger partial charge in [0.2, 0.25) is 0 Å². The van der Waals surface area contributed by atoms with E-state index in [9.17, 15) is 13.0 Å². The number of aromatic nitrogens is 2. The average Bonchev–Trinajstić information content (AvgIpc) is 2.48. The number of fused-ring (bicyclic) bond motifs is 1. The van der Waals surface area contributed by atoms with Crippen molar-refractivity contribution < 1.29 is 13.0 Å². The van der Waals surface area contributed by atoms with Crippen LogP contribution in [0.2, 0.25) is 0 Å². The number of nitrogens with one attached hydrogen (secondary N) is 1. The molecule has 0 bridgehead atoms. The van der Waals surface area contributed by atoms with E-state index >= 15 is 0 Å². The highest BCUT2D eigenvalue weighted by atomic mass is 32.2. The average molecular weight is 344 g/mol. The Morgan fingerprint density at radius 1 is 1.21 bits per heavy atom. The Kier molecular flexibility index (Phi) is 3.66. The molecule has 0 aliphatic heterocycles. The van der Waals surface area contributed by atoms with Crippen molar-refractivity contribution in [2.45, 2.75) is 18.7 Å². The third-order valence-corrected chi connectivity index (χ3v) is 5.04. The molecule has 124 valence electrons. The molecule has 4 N–H and O–H groups in total. The van der Waals surface area contributed by atoms with Crippen LogP contribution in [-0.2, 0) is 10.1 Å². The molecule has 2 heterocycles. The van der Waals surface area contributed by atoms with E-state index in [1.54, 1.807) is 50.4 Å². The van der Waals surface area contributed by atoms with Gasteiger partial charge in [-0.25, -0.2) is 4.68 Å². The number of benzene rings is 1. The first-order valence-electron chi connectivity index (χ1n) is 7.09. The van der Waals surface area contributed by atoms with Gasteiger partial charge in [-0.3, -0.25) is 14.9 Å². The van der Waals surface area contributed by atoms with Crippen LogP contribution in [0.25, 0.3) is 22.2 Å². The van der Waals surface area contributed by atoms with Gasteiger partial charge in [0.25, 0.3) is 10.1 Å². The van der Waals surface area contributed by atoms with Crippen molar-refractivity contribution in [3.63, 3.8) is 0 Å². The lowest BCUT2D eigenvalue weighted by molar-refractivity contribution is 0.482. The third-order valence-electron chi connectivity index (χ3n) is 3.88. The molecule has 0 saturated carbocycles. The summed E-state index contributed by atoms with van der Waals surface area (Å²) in [6.45, 7) is 3.20. The minimum Gasteiger partial charge on any atom is -0.337 e. The second-order valence-corrected chi connectivity index (χ2v) is 6.96. The normalized spacial score (nSPS) is 11.8. The standard InChI is InChI=1S/C16H16N4O3S/c1-9-6-11(7-10(2)15(9)24(21,22)23)14-8-13-12(4-3-5-19-13)16(17)20(14)18/h3-8,17H,18H2,1-2H3,(H,21,22,23). The molecule has 24 heavy (non-hydrogen) atoms. The van der Waals surface area contributed by atoms with Crippen LogP contribution in [0.15, 0.2) is 41.4 Å². The quantitative estimate of drug-likeness (QED) is 0.483. The van der Waals surface area contributed by atoms with E-state index in [1.165, 1.54) is 4.68 Å². The van der Waals surface area contributed by atoms with Gasteiger partial charge in [0, 0.05) is 17.1 Å². The first-order chi connectivity index (χ1) is 11.2. The third kappa shape index (κ3) is 2.55. The number of hydrogen-bond acceptors (Lipinski definition) is 5. The fourth-order valence-corrected chi connectivity index (χ4v) is 3.84. The fourth-order valence-electron chi connectivity index (χ4n) is 2.91. The van der Waals surface area contributed by atoms with Gasteiger partial charge < -0.3 is 5.84 Å². The first-order valence-corrected chi connectivity index (χ1v) is 8.53. The molecule has 0 spiro atoms. The Morgan fingerprint density at radius 3 is 2.42 bits per heavy atom. The molecule has 3 aromatic rings. The molecule has 3 rings (SSSR count). The maximum Gasteiger partial charge on any atom is 0.295 e. The summed E-state index contributed by atoms with van der Waals surface area (Å²) in [5, 5.41) is 8.81. The number of nitrogens with zero attached hydrogens (tertiary/aromatic N) is 2. The van der Waals surface area contributed by atoms with E-state index in [1.807, 2.05) is 0 Å². The van der Waals surface area contributed by atoms with Crippen LogP contribution in [0.5, 0.6) is 0 Å². The highest BCUT2D eigenvalue weighted by Crippen LogP contribution is 2.28. The van der Waals surface area contributed by atoms with Crippen molar-refractivity contribution in [2.75, 3.05) is 5.84 Å². The molecule has 0 aliphatic rings. The molecule has 8 heteroatoms. The molecule has 7 nitrogen and oxygen atoms in total. The van der Waals surface area contributed by atoms with Gasteiger partial charge >= 0.3 is 0 Å². The van der Waals surface area contributed by atoms with E-state index in [4.69, 9.17) is 11.3 Å². The lowest BCUT2D eigenvalue weighted by Gasteiger charge is -2.14. The van der Waals surface area contributed by atoms with Gasteiger partial charge in [0.1, 0.15) is 0 Å². The highest BCUT2D eigenvalue weighted by Gasteiger charge is 2.18. The Balaban J connectivity index is 2.33. The summed E-state index contributed by atoms with van der Waals surface area (Å²) in [5.41, 5.74) is 2.69. The van der Waals surface area contributed by atoms with Crippen molar-refractivity contribution in [1.82, 2.24) is 9.66 Å². The van der Waals surface area contributed by atoms with Gasteiger partial charge in [-0.1, -0.05) is 0 Å². The maximum absolute atomic E-state index is 11.5. The van der Waals surface area contributed by atoms with Crippen LogP contribution < -0.4 is 11.3 Å². The number of pyridine rings is 2. The van der Waals surface area contributed by atoms with E-state index in [2.05, 4.69) is 4.98 Å². The Hall–Kier alpha value is -2.71. The SMILES string of the molecule is Cc1cc(-c2cc3ncccc3c(=N)n2N)cc(C)c1S(=O)(=O)O. The molecule has 0 fully saturated rings. The molecule has 0 saturated heterocycles. The van der Waals surface area contributed by atoms with Crippen molar-refractivity contribution in [3.8, 4) is 11.3 Å². The Bertz CT molecular complexity index is 1110. The summed E-state index contributed by atoms with van der Waals surface area (Å²) in [6.07, 6.45) is 1.63. The topological polar surface area (TPSA) is 122 Å². The molecule has 1 aromatic carbocycles. The predicted octanol–water partition coefficient (Wildman–Crippen LogP) is 1.76. The van der Waals surface area contributed by atoms with Gasteiger partial charge in [-0.05, 0) is 55.3 Å². The van der Waals surface area contributed by atoms with Gasteiger partial charge in [-0.2, -0.15) is 8.42 Å². The zero-order valence-electron chi connectivity index (χ0n) is 13.1. The summed E-state index contributed by atoms with van der Waals surface area (Å²) in [6, 6.07) is 8.46. The van der Waals surface area contributed by atoms with E-state index in [0.29, 0.717) is 33.3 Å². The number of rotatable bonds is 2. The minimum absolute atomic E-state index is 0.102. The van der Waals surface area contributed by atoms with E-state index in [-0.39, 0.29) is 10.4 Å². The van der Waals surface area contributed by atoms with Crippen LogP contribution in [-0.4, -0.2) is 22.6 Å². The molecular formula is C16H16N4O3S. The lowest BCUT2D eigenvalue weighted by Crippen LogP contribution is -2.29. The molecule has 2 aromatic heterocycles. The molecule has 0 aliphatic carbocycles. The van der Waals surface area contributed by atoms with Crippen LogP contribution >= 0.6 is 0 Å². The van der Waals surface area contributed by atoms with E-state index < -0.39 is 10.1 Å². The van der Waals surface area contributed by atoms with Crippen molar-refractivity contribution in [2.24, 2.45) is 0 Å². The molecule has 0 radical (unpaired) electrons. The van der Waals surface area contributed by atoms with Crippen LogP contribution in [0, 0.1) is 19.3 Å².